The Balaban J connectivity index is 2.25. The van der Waals surface area contributed by atoms with Gasteiger partial charge in [0.05, 0.1) is 24.9 Å². The molecule has 2 rings (SSSR count). The monoisotopic (exact) mass is 236 g/mol. The summed E-state index contributed by atoms with van der Waals surface area (Å²) in [7, 11) is 3.38. The van der Waals surface area contributed by atoms with E-state index in [-0.39, 0.29) is 11.6 Å². The maximum atomic E-state index is 6.35. The second kappa shape index (κ2) is 5.02. The highest BCUT2D eigenvalue weighted by molar-refractivity contribution is 5.28. The molecule has 0 amide bonds. The van der Waals surface area contributed by atoms with Gasteiger partial charge in [0.15, 0.2) is 0 Å². The summed E-state index contributed by atoms with van der Waals surface area (Å²) < 4.78 is 10.9. The van der Waals surface area contributed by atoms with E-state index in [1.807, 2.05) is 6.07 Å². The van der Waals surface area contributed by atoms with E-state index in [0.717, 1.165) is 24.2 Å². The lowest BCUT2D eigenvalue weighted by atomic mass is 9.88. The van der Waals surface area contributed by atoms with Crippen molar-refractivity contribution in [3.05, 3.63) is 24.0 Å². The van der Waals surface area contributed by atoms with Crippen LogP contribution in [0.1, 0.15) is 37.3 Å². The molecule has 94 valence electrons. The third kappa shape index (κ3) is 2.28. The first-order valence-corrected chi connectivity index (χ1v) is 6.01. The van der Waals surface area contributed by atoms with Crippen LogP contribution in [0.15, 0.2) is 18.5 Å². The number of nitrogens with zero attached hydrogens (tertiary/aromatic N) is 1. The predicted octanol–water partition coefficient (Wildman–Crippen LogP) is 2.05. The largest absolute Gasteiger partial charge is 0.495 e. The molecule has 1 saturated carbocycles. The van der Waals surface area contributed by atoms with Crippen LogP contribution in [0.3, 0.4) is 0 Å². The summed E-state index contributed by atoms with van der Waals surface area (Å²) in [5.41, 5.74) is 7.10. The van der Waals surface area contributed by atoms with E-state index in [1.165, 1.54) is 12.8 Å². The number of rotatable bonds is 4. The quantitative estimate of drug-likeness (QED) is 0.869. The standard InChI is InChI=1S/C13H20N2O2/c1-16-11-7-10(8-15-9-11)12(14)13(17-2)5-3-4-6-13/h7-9,12H,3-6,14H2,1-2H3. The minimum absolute atomic E-state index is 0.141. The summed E-state index contributed by atoms with van der Waals surface area (Å²) in [6.45, 7) is 0. The summed E-state index contributed by atoms with van der Waals surface area (Å²) in [5.74, 6) is 0.738. The molecule has 0 bridgehead atoms. The smallest absolute Gasteiger partial charge is 0.137 e. The van der Waals surface area contributed by atoms with E-state index < -0.39 is 0 Å². The molecule has 0 aliphatic heterocycles. The van der Waals surface area contributed by atoms with Gasteiger partial charge in [-0.15, -0.1) is 0 Å². The number of pyridine rings is 1. The van der Waals surface area contributed by atoms with Crippen LogP contribution in [-0.4, -0.2) is 24.8 Å². The lowest BCUT2D eigenvalue weighted by molar-refractivity contribution is -0.0265. The van der Waals surface area contributed by atoms with Crippen molar-refractivity contribution in [1.82, 2.24) is 4.98 Å². The Morgan fingerprint density at radius 1 is 1.29 bits per heavy atom. The van der Waals surface area contributed by atoms with Crippen molar-refractivity contribution >= 4 is 0 Å². The van der Waals surface area contributed by atoms with E-state index in [4.69, 9.17) is 15.2 Å². The fourth-order valence-corrected chi connectivity index (χ4v) is 2.64. The SMILES string of the molecule is COc1cncc(C(N)C2(OC)CCCC2)c1. The first-order chi connectivity index (χ1) is 8.22. The molecule has 0 radical (unpaired) electrons. The highest BCUT2D eigenvalue weighted by atomic mass is 16.5. The summed E-state index contributed by atoms with van der Waals surface area (Å²) >= 11 is 0. The number of hydrogen-bond acceptors (Lipinski definition) is 4. The second-order valence-corrected chi connectivity index (χ2v) is 4.61. The molecule has 1 fully saturated rings. The van der Waals surface area contributed by atoms with Crippen LogP contribution in [-0.2, 0) is 4.74 Å². The fourth-order valence-electron chi connectivity index (χ4n) is 2.64. The van der Waals surface area contributed by atoms with Gasteiger partial charge in [-0.2, -0.15) is 0 Å². The minimum Gasteiger partial charge on any atom is -0.495 e. The first kappa shape index (κ1) is 12.3. The average molecular weight is 236 g/mol. The van der Waals surface area contributed by atoms with Gasteiger partial charge in [-0.05, 0) is 24.5 Å². The van der Waals surface area contributed by atoms with Crippen LogP contribution >= 0.6 is 0 Å². The van der Waals surface area contributed by atoms with Gasteiger partial charge in [0, 0.05) is 13.3 Å². The van der Waals surface area contributed by atoms with Crippen molar-refractivity contribution in [3.63, 3.8) is 0 Å². The Morgan fingerprint density at radius 2 is 2.00 bits per heavy atom. The van der Waals surface area contributed by atoms with Crippen molar-refractivity contribution in [3.8, 4) is 5.75 Å². The van der Waals surface area contributed by atoms with Crippen LogP contribution in [0.2, 0.25) is 0 Å². The number of methoxy groups -OCH3 is 2. The predicted molar refractivity (Wildman–Crippen MR) is 65.9 cm³/mol. The Morgan fingerprint density at radius 3 is 2.59 bits per heavy atom. The Bertz CT molecular complexity index is 375. The molecule has 1 aliphatic rings. The molecule has 0 spiro atoms. The summed E-state index contributed by atoms with van der Waals surface area (Å²) in [5, 5.41) is 0. The van der Waals surface area contributed by atoms with Crippen LogP contribution < -0.4 is 10.5 Å². The average Bonchev–Trinajstić information content (AvgIpc) is 2.88. The molecular formula is C13H20N2O2. The zero-order valence-corrected chi connectivity index (χ0v) is 10.5. The summed E-state index contributed by atoms with van der Waals surface area (Å²) in [4.78, 5) is 4.15. The van der Waals surface area contributed by atoms with E-state index >= 15 is 0 Å². The van der Waals surface area contributed by atoms with Crippen LogP contribution in [0, 0.1) is 0 Å². The van der Waals surface area contributed by atoms with Crippen molar-refractivity contribution in [2.24, 2.45) is 5.73 Å². The summed E-state index contributed by atoms with van der Waals surface area (Å²) in [6.07, 6.45) is 7.87. The number of ether oxygens (including phenoxy) is 2. The third-order valence-electron chi connectivity index (χ3n) is 3.75. The Hall–Kier alpha value is -1.13. The van der Waals surface area contributed by atoms with Gasteiger partial charge >= 0.3 is 0 Å². The number of hydrogen-bond donors (Lipinski definition) is 1. The van der Waals surface area contributed by atoms with Crippen molar-refractivity contribution in [2.45, 2.75) is 37.3 Å². The van der Waals surface area contributed by atoms with Gasteiger partial charge in [-0.25, -0.2) is 0 Å². The van der Waals surface area contributed by atoms with Crippen LogP contribution in [0.25, 0.3) is 0 Å². The third-order valence-corrected chi connectivity index (χ3v) is 3.75. The van der Waals surface area contributed by atoms with E-state index in [1.54, 1.807) is 26.6 Å². The number of nitrogens with two attached hydrogens (primary N) is 1. The van der Waals surface area contributed by atoms with Crippen molar-refractivity contribution < 1.29 is 9.47 Å². The highest BCUT2D eigenvalue weighted by Crippen LogP contribution is 2.41. The molecule has 1 unspecified atom stereocenters. The van der Waals surface area contributed by atoms with Gasteiger partial charge < -0.3 is 15.2 Å². The topological polar surface area (TPSA) is 57.4 Å². The zero-order valence-electron chi connectivity index (χ0n) is 10.5. The van der Waals surface area contributed by atoms with Gasteiger partial charge in [0.25, 0.3) is 0 Å². The molecule has 1 aromatic heterocycles. The summed E-state index contributed by atoms with van der Waals surface area (Å²) in [6, 6.07) is 1.80. The molecule has 1 atom stereocenters. The fraction of sp³-hybridized carbons (Fsp3) is 0.615. The molecule has 4 heteroatoms. The van der Waals surface area contributed by atoms with E-state index in [0.29, 0.717) is 0 Å². The molecule has 0 saturated heterocycles. The number of aromatic nitrogens is 1. The van der Waals surface area contributed by atoms with Gasteiger partial charge in [-0.1, -0.05) is 12.8 Å². The van der Waals surface area contributed by atoms with Crippen LogP contribution in [0.4, 0.5) is 0 Å². The van der Waals surface area contributed by atoms with Crippen molar-refractivity contribution in [1.29, 1.82) is 0 Å². The molecule has 17 heavy (non-hydrogen) atoms. The van der Waals surface area contributed by atoms with Gasteiger partial charge in [-0.3, -0.25) is 4.98 Å². The molecule has 1 aromatic rings. The maximum absolute atomic E-state index is 6.35. The van der Waals surface area contributed by atoms with E-state index in [9.17, 15) is 0 Å². The highest BCUT2D eigenvalue weighted by Gasteiger charge is 2.40. The maximum Gasteiger partial charge on any atom is 0.137 e. The lowest BCUT2D eigenvalue weighted by Gasteiger charge is -2.34. The Kier molecular flexibility index (Phi) is 3.64. The molecule has 0 aromatic carbocycles. The van der Waals surface area contributed by atoms with Gasteiger partial charge in [0.1, 0.15) is 5.75 Å². The lowest BCUT2D eigenvalue weighted by Crippen LogP contribution is -2.40. The van der Waals surface area contributed by atoms with Gasteiger partial charge in [0.2, 0.25) is 0 Å². The molecule has 2 N–H and O–H groups in total. The molecular weight excluding hydrogens is 216 g/mol. The molecule has 4 nitrogen and oxygen atoms in total. The second-order valence-electron chi connectivity index (χ2n) is 4.61. The van der Waals surface area contributed by atoms with E-state index in [2.05, 4.69) is 4.98 Å². The molecule has 1 heterocycles. The molecule has 1 aliphatic carbocycles. The first-order valence-electron chi connectivity index (χ1n) is 6.01. The van der Waals surface area contributed by atoms with Crippen LogP contribution in [0.5, 0.6) is 5.75 Å². The van der Waals surface area contributed by atoms with Crippen molar-refractivity contribution in [2.75, 3.05) is 14.2 Å². The normalized spacial score (nSPS) is 20.2. The minimum atomic E-state index is -0.228. The zero-order chi connectivity index (χ0) is 12.3. The Labute approximate surface area is 102 Å².